The first-order valence-corrected chi connectivity index (χ1v) is 8.57. The van der Waals surface area contributed by atoms with Crippen molar-refractivity contribution in [1.82, 2.24) is 10.2 Å². The van der Waals surface area contributed by atoms with Crippen LogP contribution in [0.4, 0.5) is 0 Å². The molecule has 1 N–H and O–H groups in total. The summed E-state index contributed by atoms with van der Waals surface area (Å²) in [5.41, 5.74) is 1.17. The Labute approximate surface area is 126 Å². The molecule has 0 aromatic heterocycles. The number of amides is 1. The molecule has 110 valence electrons. The summed E-state index contributed by atoms with van der Waals surface area (Å²) in [5, 5.41) is 3.43. The molecule has 1 aliphatic rings. The molecule has 0 saturated carbocycles. The van der Waals surface area contributed by atoms with Gasteiger partial charge in [0.2, 0.25) is 5.91 Å². The molecular weight excluding hydrogens is 268 g/mol. The minimum absolute atomic E-state index is 0.0123. The van der Waals surface area contributed by atoms with Crippen LogP contribution >= 0.6 is 11.8 Å². The number of hydrogen-bond acceptors (Lipinski definition) is 3. The van der Waals surface area contributed by atoms with Crippen LogP contribution in [0.5, 0.6) is 0 Å². The molecule has 1 amide bonds. The number of carbonyl (C=O) groups is 1. The smallest absolute Gasteiger partial charge is 0.241 e. The Kier molecular flexibility index (Phi) is 5.11. The van der Waals surface area contributed by atoms with Gasteiger partial charge >= 0.3 is 0 Å². The number of rotatable bonds is 5. The standard InChI is InChI=1S/C16H24N2OS/c1-5-13(6-2)18-15(17-11(3)16(18)19)12-7-9-14(20-4)10-8-12/h7-11,13,15,17H,5-6H2,1-4H3. The molecule has 2 rings (SSSR count). The van der Waals surface area contributed by atoms with E-state index in [1.54, 1.807) is 11.8 Å². The fraction of sp³-hybridized carbons (Fsp3) is 0.562. The lowest BCUT2D eigenvalue weighted by molar-refractivity contribution is -0.132. The van der Waals surface area contributed by atoms with E-state index in [9.17, 15) is 4.79 Å². The van der Waals surface area contributed by atoms with Gasteiger partial charge in [-0.05, 0) is 43.7 Å². The lowest BCUT2D eigenvalue weighted by Gasteiger charge is -2.32. The monoisotopic (exact) mass is 292 g/mol. The Bertz CT molecular complexity index is 456. The Morgan fingerprint density at radius 3 is 2.35 bits per heavy atom. The van der Waals surface area contributed by atoms with E-state index < -0.39 is 0 Å². The summed E-state index contributed by atoms with van der Waals surface area (Å²) in [7, 11) is 0. The Hall–Kier alpha value is -1.00. The molecule has 4 heteroatoms. The molecule has 2 atom stereocenters. The highest BCUT2D eigenvalue weighted by Gasteiger charge is 2.39. The van der Waals surface area contributed by atoms with Crippen molar-refractivity contribution < 1.29 is 4.79 Å². The molecule has 0 radical (unpaired) electrons. The maximum Gasteiger partial charge on any atom is 0.241 e. The summed E-state index contributed by atoms with van der Waals surface area (Å²) in [6.07, 6.45) is 4.08. The molecule has 0 spiro atoms. The molecular formula is C16H24N2OS. The molecule has 0 bridgehead atoms. The average Bonchev–Trinajstić information content (AvgIpc) is 2.77. The van der Waals surface area contributed by atoms with Crippen molar-refractivity contribution in [2.24, 2.45) is 0 Å². The number of carbonyl (C=O) groups excluding carboxylic acids is 1. The Morgan fingerprint density at radius 2 is 1.85 bits per heavy atom. The van der Waals surface area contributed by atoms with Gasteiger partial charge in [-0.3, -0.25) is 10.1 Å². The zero-order chi connectivity index (χ0) is 14.7. The summed E-state index contributed by atoms with van der Waals surface area (Å²) in [5.74, 6) is 0.220. The number of hydrogen-bond donors (Lipinski definition) is 1. The van der Waals surface area contributed by atoms with E-state index in [4.69, 9.17) is 0 Å². The van der Waals surface area contributed by atoms with Crippen LogP contribution in [-0.2, 0) is 4.79 Å². The second kappa shape index (κ2) is 6.64. The van der Waals surface area contributed by atoms with E-state index in [1.807, 2.05) is 11.8 Å². The molecule has 1 aliphatic heterocycles. The fourth-order valence-electron chi connectivity index (χ4n) is 2.86. The molecule has 20 heavy (non-hydrogen) atoms. The van der Waals surface area contributed by atoms with Gasteiger partial charge in [-0.25, -0.2) is 0 Å². The fourth-order valence-corrected chi connectivity index (χ4v) is 3.26. The molecule has 2 unspecified atom stereocenters. The van der Waals surface area contributed by atoms with E-state index in [2.05, 4.69) is 49.7 Å². The lowest BCUT2D eigenvalue weighted by atomic mass is 10.1. The minimum atomic E-state index is -0.0965. The average molecular weight is 292 g/mol. The normalized spacial score (nSPS) is 22.9. The first kappa shape index (κ1) is 15.4. The van der Waals surface area contributed by atoms with E-state index in [0.717, 1.165) is 12.8 Å². The van der Waals surface area contributed by atoms with Gasteiger partial charge in [0.15, 0.2) is 0 Å². The van der Waals surface area contributed by atoms with Crippen LogP contribution in [0.1, 0.15) is 45.3 Å². The van der Waals surface area contributed by atoms with Gasteiger partial charge in [0, 0.05) is 10.9 Å². The van der Waals surface area contributed by atoms with Crippen LogP contribution in [-0.4, -0.2) is 29.1 Å². The number of nitrogens with zero attached hydrogens (tertiary/aromatic N) is 1. The van der Waals surface area contributed by atoms with Crippen LogP contribution in [0.25, 0.3) is 0 Å². The Balaban J connectivity index is 2.29. The predicted molar refractivity (Wildman–Crippen MR) is 84.8 cm³/mol. The molecule has 1 heterocycles. The first-order chi connectivity index (χ1) is 9.62. The SMILES string of the molecule is CCC(CC)N1C(=O)C(C)NC1c1ccc(SC)cc1. The van der Waals surface area contributed by atoms with E-state index >= 15 is 0 Å². The molecule has 3 nitrogen and oxygen atoms in total. The van der Waals surface area contributed by atoms with E-state index in [-0.39, 0.29) is 18.1 Å². The summed E-state index contributed by atoms with van der Waals surface area (Å²) < 4.78 is 0. The van der Waals surface area contributed by atoms with Crippen molar-refractivity contribution in [2.75, 3.05) is 6.26 Å². The minimum Gasteiger partial charge on any atom is -0.319 e. The van der Waals surface area contributed by atoms with Crippen LogP contribution in [0, 0.1) is 0 Å². The van der Waals surface area contributed by atoms with E-state index in [1.165, 1.54) is 10.5 Å². The van der Waals surface area contributed by atoms with Crippen LogP contribution < -0.4 is 5.32 Å². The third kappa shape index (κ3) is 2.86. The molecule has 1 saturated heterocycles. The van der Waals surface area contributed by atoms with E-state index in [0.29, 0.717) is 6.04 Å². The van der Waals surface area contributed by atoms with Gasteiger partial charge in [0.05, 0.1) is 6.04 Å². The third-order valence-electron chi connectivity index (χ3n) is 4.08. The van der Waals surface area contributed by atoms with Crippen LogP contribution in [0.15, 0.2) is 29.2 Å². The molecule has 1 aromatic carbocycles. The highest BCUT2D eigenvalue weighted by molar-refractivity contribution is 7.98. The van der Waals surface area contributed by atoms with Crippen molar-refractivity contribution in [3.8, 4) is 0 Å². The summed E-state index contributed by atoms with van der Waals surface area (Å²) >= 11 is 1.74. The van der Waals surface area contributed by atoms with Crippen molar-refractivity contribution in [3.63, 3.8) is 0 Å². The third-order valence-corrected chi connectivity index (χ3v) is 4.82. The molecule has 1 aromatic rings. The van der Waals surface area contributed by atoms with Gasteiger partial charge in [-0.15, -0.1) is 11.8 Å². The van der Waals surface area contributed by atoms with Crippen molar-refractivity contribution >= 4 is 17.7 Å². The van der Waals surface area contributed by atoms with Gasteiger partial charge in [0.1, 0.15) is 6.17 Å². The van der Waals surface area contributed by atoms with Gasteiger partial charge in [-0.1, -0.05) is 26.0 Å². The van der Waals surface area contributed by atoms with Gasteiger partial charge < -0.3 is 4.90 Å². The molecule has 1 fully saturated rings. The second-order valence-electron chi connectivity index (χ2n) is 5.28. The van der Waals surface area contributed by atoms with Crippen molar-refractivity contribution in [2.45, 2.75) is 56.8 Å². The largest absolute Gasteiger partial charge is 0.319 e. The van der Waals surface area contributed by atoms with Gasteiger partial charge in [0.25, 0.3) is 0 Å². The predicted octanol–water partition coefficient (Wildman–Crippen LogP) is 3.42. The number of benzene rings is 1. The van der Waals surface area contributed by atoms with Crippen LogP contribution in [0.2, 0.25) is 0 Å². The summed E-state index contributed by atoms with van der Waals surface area (Å²) in [6, 6.07) is 8.72. The lowest BCUT2D eigenvalue weighted by Crippen LogP contribution is -2.39. The highest BCUT2D eigenvalue weighted by Crippen LogP contribution is 2.30. The molecule has 0 aliphatic carbocycles. The number of thioether (sulfide) groups is 1. The summed E-state index contributed by atoms with van der Waals surface area (Å²) in [4.78, 5) is 15.7. The second-order valence-corrected chi connectivity index (χ2v) is 6.16. The quantitative estimate of drug-likeness (QED) is 0.844. The maximum absolute atomic E-state index is 12.4. The van der Waals surface area contributed by atoms with Crippen LogP contribution in [0.3, 0.4) is 0 Å². The zero-order valence-electron chi connectivity index (χ0n) is 12.7. The number of nitrogens with one attached hydrogen (secondary N) is 1. The maximum atomic E-state index is 12.4. The van der Waals surface area contributed by atoms with Crippen molar-refractivity contribution in [3.05, 3.63) is 29.8 Å². The highest BCUT2D eigenvalue weighted by atomic mass is 32.2. The summed E-state index contributed by atoms with van der Waals surface area (Å²) in [6.45, 7) is 6.25. The zero-order valence-corrected chi connectivity index (χ0v) is 13.5. The van der Waals surface area contributed by atoms with Gasteiger partial charge in [-0.2, -0.15) is 0 Å². The topological polar surface area (TPSA) is 32.3 Å². The van der Waals surface area contributed by atoms with Crippen molar-refractivity contribution in [1.29, 1.82) is 0 Å². The Morgan fingerprint density at radius 1 is 1.25 bits per heavy atom. The first-order valence-electron chi connectivity index (χ1n) is 7.34.